The van der Waals surface area contributed by atoms with Gasteiger partial charge in [-0.05, 0) is 18.3 Å². The van der Waals surface area contributed by atoms with Crippen LogP contribution in [0.3, 0.4) is 0 Å². The lowest BCUT2D eigenvalue weighted by Gasteiger charge is -2.42. The lowest BCUT2D eigenvalue weighted by molar-refractivity contribution is -0.143. The summed E-state index contributed by atoms with van der Waals surface area (Å²) in [6.07, 6.45) is -0.669. The summed E-state index contributed by atoms with van der Waals surface area (Å²) >= 11 is 0. The van der Waals surface area contributed by atoms with Crippen LogP contribution < -0.4 is 0 Å². The van der Waals surface area contributed by atoms with E-state index in [2.05, 4.69) is 0 Å². The molecule has 2 N–H and O–H groups in total. The van der Waals surface area contributed by atoms with Gasteiger partial charge in [0, 0.05) is 0 Å². The molecule has 0 aliphatic heterocycles. The second-order valence-electron chi connectivity index (χ2n) is 5.09. The van der Waals surface area contributed by atoms with Crippen LogP contribution in [0.1, 0.15) is 41.5 Å². The molecule has 0 aromatic carbocycles. The maximum Gasteiger partial charge on any atom is 0.0927 e. The molecule has 2 atom stereocenters. The Kier molecular flexibility index (Phi) is 3.32. The molecule has 0 bridgehead atoms. The predicted molar refractivity (Wildman–Crippen MR) is 50.9 cm³/mol. The van der Waals surface area contributed by atoms with E-state index in [-0.39, 0.29) is 11.3 Å². The predicted octanol–water partition coefficient (Wildman–Crippen LogP) is 1.80. The van der Waals surface area contributed by atoms with Gasteiger partial charge in [0.05, 0.1) is 11.7 Å². The summed E-state index contributed by atoms with van der Waals surface area (Å²) in [5, 5.41) is 19.8. The first-order valence-electron chi connectivity index (χ1n) is 4.51. The molecular formula is C10H22O2. The molecule has 0 aromatic heterocycles. The standard InChI is InChI=1S/C10H22O2/c1-7(2)8(11)10(6,12)9(3,4)5/h7-8,11-12H,1-6H3. The van der Waals surface area contributed by atoms with Crippen LogP contribution in [-0.4, -0.2) is 21.9 Å². The minimum atomic E-state index is -1.03. The van der Waals surface area contributed by atoms with Crippen molar-refractivity contribution in [1.82, 2.24) is 0 Å². The number of hydrogen-bond acceptors (Lipinski definition) is 2. The van der Waals surface area contributed by atoms with Crippen LogP contribution in [0.2, 0.25) is 0 Å². The van der Waals surface area contributed by atoms with E-state index in [1.165, 1.54) is 0 Å². The maximum atomic E-state index is 10.0. The van der Waals surface area contributed by atoms with Gasteiger partial charge in [0.15, 0.2) is 0 Å². The van der Waals surface area contributed by atoms with E-state index >= 15 is 0 Å². The highest BCUT2D eigenvalue weighted by molar-refractivity contribution is 4.93. The average molecular weight is 174 g/mol. The Bertz CT molecular complexity index is 142. The second-order valence-corrected chi connectivity index (χ2v) is 5.09. The summed E-state index contributed by atoms with van der Waals surface area (Å²) in [4.78, 5) is 0. The first-order chi connectivity index (χ1) is 5.10. The summed E-state index contributed by atoms with van der Waals surface area (Å²) in [5.41, 5.74) is -1.32. The lowest BCUT2D eigenvalue weighted by Crippen LogP contribution is -2.52. The topological polar surface area (TPSA) is 40.5 Å². The van der Waals surface area contributed by atoms with Crippen LogP contribution in [0, 0.1) is 11.3 Å². The molecule has 74 valence electrons. The van der Waals surface area contributed by atoms with Crippen LogP contribution >= 0.6 is 0 Å². The maximum absolute atomic E-state index is 10.0. The van der Waals surface area contributed by atoms with Crippen LogP contribution in [0.5, 0.6) is 0 Å². The molecule has 0 spiro atoms. The quantitative estimate of drug-likeness (QED) is 0.670. The van der Waals surface area contributed by atoms with Crippen molar-refractivity contribution in [2.45, 2.75) is 53.2 Å². The van der Waals surface area contributed by atoms with Crippen molar-refractivity contribution < 1.29 is 10.2 Å². The Morgan fingerprint density at radius 1 is 1.00 bits per heavy atom. The Labute approximate surface area is 75.6 Å². The lowest BCUT2D eigenvalue weighted by atomic mass is 9.71. The first-order valence-corrected chi connectivity index (χ1v) is 4.51. The van der Waals surface area contributed by atoms with Gasteiger partial charge in [-0.15, -0.1) is 0 Å². The Morgan fingerprint density at radius 3 is 1.42 bits per heavy atom. The minimum Gasteiger partial charge on any atom is -0.390 e. The molecule has 2 nitrogen and oxygen atoms in total. The molecular weight excluding hydrogens is 152 g/mol. The molecule has 0 rings (SSSR count). The molecule has 12 heavy (non-hydrogen) atoms. The fraction of sp³-hybridized carbons (Fsp3) is 1.00. The molecule has 0 amide bonds. The van der Waals surface area contributed by atoms with Crippen molar-refractivity contribution in [1.29, 1.82) is 0 Å². The summed E-state index contributed by atoms with van der Waals surface area (Å²) in [6, 6.07) is 0. The molecule has 2 heteroatoms. The van der Waals surface area contributed by atoms with Gasteiger partial charge in [-0.3, -0.25) is 0 Å². The van der Waals surface area contributed by atoms with Crippen LogP contribution in [0.15, 0.2) is 0 Å². The van der Waals surface area contributed by atoms with Gasteiger partial charge in [-0.2, -0.15) is 0 Å². The monoisotopic (exact) mass is 174 g/mol. The minimum absolute atomic E-state index is 0.0826. The summed E-state index contributed by atoms with van der Waals surface area (Å²) in [7, 11) is 0. The largest absolute Gasteiger partial charge is 0.390 e. The summed E-state index contributed by atoms with van der Waals surface area (Å²) in [5.74, 6) is 0.0826. The second kappa shape index (κ2) is 3.35. The van der Waals surface area contributed by atoms with Crippen molar-refractivity contribution in [2.24, 2.45) is 11.3 Å². The fourth-order valence-electron chi connectivity index (χ4n) is 1.09. The zero-order valence-corrected chi connectivity index (χ0v) is 9.05. The molecule has 0 aromatic rings. The number of aliphatic hydroxyl groups is 2. The van der Waals surface area contributed by atoms with E-state index in [9.17, 15) is 10.2 Å². The van der Waals surface area contributed by atoms with Crippen molar-refractivity contribution >= 4 is 0 Å². The van der Waals surface area contributed by atoms with Crippen molar-refractivity contribution in [3.05, 3.63) is 0 Å². The highest BCUT2D eigenvalue weighted by Crippen LogP contribution is 2.35. The normalized spacial score (nSPS) is 20.8. The molecule has 0 saturated heterocycles. The highest BCUT2D eigenvalue weighted by Gasteiger charge is 2.42. The van der Waals surface area contributed by atoms with Gasteiger partial charge in [0.1, 0.15) is 0 Å². The van der Waals surface area contributed by atoms with Gasteiger partial charge in [-0.1, -0.05) is 34.6 Å². The third-order valence-electron chi connectivity index (χ3n) is 2.73. The molecule has 0 heterocycles. The summed E-state index contributed by atoms with van der Waals surface area (Å²) in [6.45, 7) is 11.3. The molecule has 0 radical (unpaired) electrons. The molecule has 0 aliphatic rings. The van der Waals surface area contributed by atoms with Gasteiger partial charge in [-0.25, -0.2) is 0 Å². The van der Waals surface area contributed by atoms with E-state index in [4.69, 9.17) is 0 Å². The zero-order chi connectivity index (χ0) is 10.2. The van der Waals surface area contributed by atoms with Gasteiger partial charge >= 0.3 is 0 Å². The third kappa shape index (κ3) is 2.20. The van der Waals surface area contributed by atoms with Crippen molar-refractivity contribution in [2.75, 3.05) is 0 Å². The Balaban J connectivity index is 4.61. The van der Waals surface area contributed by atoms with Crippen molar-refractivity contribution in [3.8, 4) is 0 Å². The van der Waals surface area contributed by atoms with Gasteiger partial charge < -0.3 is 10.2 Å². The highest BCUT2D eigenvalue weighted by atomic mass is 16.3. The third-order valence-corrected chi connectivity index (χ3v) is 2.73. The molecule has 0 aliphatic carbocycles. The molecule has 0 saturated carbocycles. The van der Waals surface area contributed by atoms with Gasteiger partial charge in [0.2, 0.25) is 0 Å². The van der Waals surface area contributed by atoms with Crippen LogP contribution in [0.4, 0.5) is 0 Å². The first kappa shape index (κ1) is 11.9. The number of rotatable bonds is 2. The van der Waals surface area contributed by atoms with E-state index in [1.54, 1.807) is 6.92 Å². The molecule has 2 unspecified atom stereocenters. The van der Waals surface area contributed by atoms with E-state index in [0.717, 1.165) is 0 Å². The van der Waals surface area contributed by atoms with E-state index in [1.807, 2.05) is 34.6 Å². The van der Waals surface area contributed by atoms with Crippen LogP contribution in [-0.2, 0) is 0 Å². The SMILES string of the molecule is CC(C)C(O)C(C)(O)C(C)(C)C. The van der Waals surface area contributed by atoms with Gasteiger partial charge in [0.25, 0.3) is 0 Å². The smallest absolute Gasteiger partial charge is 0.0927 e. The van der Waals surface area contributed by atoms with Crippen LogP contribution in [0.25, 0.3) is 0 Å². The number of hydrogen-bond donors (Lipinski definition) is 2. The average Bonchev–Trinajstić information content (AvgIpc) is 1.83. The van der Waals surface area contributed by atoms with E-state index < -0.39 is 11.7 Å². The Hall–Kier alpha value is -0.0800. The van der Waals surface area contributed by atoms with Crippen molar-refractivity contribution in [3.63, 3.8) is 0 Å². The Morgan fingerprint density at radius 2 is 1.33 bits per heavy atom. The fourth-order valence-corrected chi connectivity index (χ4v) is 1.09. The summed E-state index contributed by atoms with van der Waals surface area (Å²) < 4.78 is 0. The zero-order valence-electron chi connectivity index (χ0n) is 9.05. The molecule has 0 fully saturated rings. The number of aliphatic hydroxyl groups excluding tert-OH is 1. The van der Waals surface area contributed by atoms with E-state index in [0.29, 0.717) is 0 Å².